The van der Waals surface area contributed by atoms with Crippen LogP contribution >= 0.6 is 0 Å². The molecule has 2 rings (SSSR count). The molecule has 6 heteroatoms. The third-order valence-corrected chi connectivity index (χ3v) is 5.94. The molecule has 1 saturated carbocycles. The minimum atomic E-state index is -3.33. The van der Waals surface area contributed by atoms with Crippen LogP contribution in [-0.4, -0.2) is 55.5 Å². The van der Waals surface area contributed by atoms with Crippen LogP contribution in [0.4, 0.5) is 0 Å². The molecule has 0 aromatic rings. The van der Waals surface area contributed by atoms with Crippen molar-refractivity contribution in [3.63, 3.8) is 0 Å². The lowest BCUT2D eigenvalue weighted by molar-refractivity contribution is -0.132. The van der Waals surface area contributed by atoms with Gasteiger partial charge in [-0.2, -0.15) is 4.31 Å². The molecule has 5 nitrogen and oxygen atoms in total. The lowest BCUT2D eigenvalue weighted by Gasteiger charge is -2.32. The topological polar surface area (TPSA) is 57.7 Å². The van der Waals surface area contributed by atoms with Gasteiger partial charge in [-0.15, -0.1) is 0 Å². The van der Waals surface area contributed by atoms with Gasteiger partial charge in [0.05, 0.1) is 12.8 Å². The molecule has 0 unspecified atom stereocenters. The van der Waals surface area contributed by atoms with Crippen LogP contribution in [0.3, 0.4) is 0 Å². The van der Waals surface area contributed by atoms with Gasteiger partial charge in [-0.1, -0.05) is 25.7 Å². The number of hydrogen-bond acceptors (Lipinski definition) is 3. The average Bonchev–Trinajstić information content (AvgIpc) is 2.73. The fourth-order valence-corrected chi connectivity index (χ4v) is 4.54. The van der Waals surface area contributed by atoms with E-state index in [1.165, 1.54) is 29.8 Å². The van der Waals surface area contributed by atoms with Crippen molar-refractivity contribution in [1.29, 1.82) is 0 Å². The molecule has 2 aliphatic rings. The van der Waals surface area contributed by atoms with Crippen molar-refractivity contribution in [3.8, 4) is 0 Å². The van der Waals surface area contributed by atoms with Crippen LogP contribution in [0, 0.1) is 0 Å². The maximum atomic E-state index is 12.4. The molecule has 122 valence electrons. The van der Waals surface area contributed by atoms with E-state index < -0.39 is 10.0 Å². The van der Waals surface area contributed by atoms with Crippen molar-refractivity contribution in [2.24, 2.45) is 0 Å². The molecule has 21 heavy (non-hydrogen) atoms. The molecule has 1 amide bonds. The Morgan fingerprint density at radius 3 is 2.05 bits per heavy atom. The molecule has 0 N–H and O–H groups in total. The Labute approximate surface area is 128 Å². The minimum Gasteiger partial charge on any atom is -0.342 e. The summed E-state index contributed by atoms with van der Waals surface area (Å²) in [4.78, 5) is 14.2. The zero-order chi connectivity index (χ0) is 15.3. The Morgan fingerprint density at radius 1 is 1.00 bits per heavy atom. The van der Waals surface area contributed by atoms with Gasteiger partial charge in [-0.05, 0) is 32.1 Å². The lowest BCUT2D eigenvalue weighted by atomic mass is 10.1. The van der Waals surface area contributed by atoms with Gasteiger partial charge in [0.2, 0.25) is 15.9 Å². The highest BCUT2D eigenvalue weighted by Gasteiger charge is 2.31. The molecular formula is C15H28N2O3S. The molecule has 0 atom stereocenters. The highest BCUT2D eigenvalue weighted by atomic mass is 32.2. The summed E-state index contributed by atoms with van der Waals surface area (Å²) in [6.07, 6.45) is 10.7. The lowest BCUT2D eigenvalue weighted by Crippen LogP contribution is -2.48. The molecule has 1 aliphatic heterocycles. The van der Waals surface area contributed by atoms with Gasteiger partial charge in [-0.3, -0.25) is 4.79 Å². The molecule has 0 bridgehead atoms. The van der Waals surface area contributed by atoms with E-state index in [-0.39, 0.29) is 18.5 Å². The molecule has 1 heterocycles. The fourth-order valence-electron chi connectivity index (χ4n) is 3.44. The molecule has 1 aliphatic carbocycles. The summed E-state index contributed by atoms with van der Waals surface area (Å²) < 4.78 is 25.7. The zero-order valence-corrected chi connectivity index (χ0v) is 13.9. The summed E-state index contributed by atoms with van der Waals surface area (Å²) in [5, 5.41) is 0. The first-order chi connectivity index (χ1) is 9.98. The first-order valence-corrected chi connectivity index (χ1v) is 10.1. The Bertz CT molecular complexity index is 436. The van der Waals surface area contributed by atoms with Crippen LogP contribution in [0.25, 0.3) is 0 Å². The van der Waals surface area contributed by atoms with Crippen molar-refractivity contribution in [2.75, 3.05) is 25.9 Å². The maximum absolute atomic E-state index is 12.4. The minimum absolute atomic E-state index is 0.0104. The molecule has 0 aromatic heterocycles. The van der Waals surface area contributed by atoms with E-state index in [1.54, 1.807) is 0 Å². The second-order valence-electron chi connectivity index (χ2n) is 6.40. The predicted octanol–water partition coefficient (Wildman–Crippen LogP) is 1.98. The number of carbonyl (C=O) groups is 1. The average molecular weight is 316 g/mol. The summed E-state index contributed by atoms with van der Waals surface area (Å²) in [6.45, 7) is 1.59. The molecule has 0 radical (unpaired) electrons. The second-order valence-corrected chi connectivity index (χ2v) is 8.33. The van der Waals surface area contributed by atoms with Gasteiger partial charge in [0, 0.05) is 19.1 Å². The number of hydrogen-bond donors (Lipinski definition) is 0. The second kappa shape index (κ2) is 7.58. The SMILES string of the molecule is CS(=O)(=O)N(CC(=O)N1CCCCC1)C1CCCCCC1. The van der Waals surface area contributed by atoms with E-state index in [1.807, 2.05) is 4.90 Å². The summed E-state index contributed by atoms with van der Waals surface area (Å²) in [5.41, 5.74) is 0. The Kier molecular flexibility index (Phi) is 6.05. The van der Waals surface area contributed by atoms with Crippen LogP contribution in [0.2, 0.25) is 0 Å². The normalized spacial score (nSPS) is 22.3. The predicted molar refractivity (Wildman–Crippen MR) is 83.5 cm³/mol. The largest absolute Gasteiger partial charge is 0.342 e. The van der Waals surface area contributed by atoms with Gasteiger partial charge in [-0.25, -0.2) is 8.42 Å². The number of amides is 1. The molecule has 0 aromatic carbocycles. The van der Waals surface area contributed by atoms with E-state index in [4.69, 9.17) is 0 Å². The number of nitrogens with zero attached hydrogens (tertiary/aromatic N) is 2. The van der Waals surface area contributed by atoms with Gasteiger partial charge in [0.1, 0.15) is 0 Å². The Balaban J connectivity index is 2.03. The third kappa shape index (κ3) is 4.95. The number of carbonyl (C=O) groups excluding carboxylic acids is 1. The Hall–Kier alpha value is -0.620. The highest BCUT2D eigenvalue weighted by Crippen LogP contribution is 2.24. The smallest absolute Gasteiger partial charge is 0.237 e. The third-order valence-electron chi connectivity index (χ3n) is 4.66. The van der Waals surface area contributed by atoms with E-state index >= 15 is 0 Å². The van der Waals surface area contributed by atoms with Crippen LogP contribution in [-0.2, 0) is 14.8 Å². The van der Waals surface area contributed by atoms with Crippen molar-refractivity contribution in [1.82, 2.24) is 9.21 Å². The highest BCUT2D eigenvalue weighted by molar-refractivity contribution is 7.88. The Morgan fingerprint density at radius 2 is 1.52 bits per heavy atom. The van der Waals surface area contributed by atoms with Crippen molar-refractivity contribution < 1.29 is 13.2 Å². The quantitative estimate of drug-likeness (QED) is 0.745. The summed E-state index contributed by atoms with van der Waals surface area (Å²) in [7, 11) is -3.33. The van der Waals surface area contributed by atoms with Crippen molar-refractivity contribution in [2.45, 2.75) is 63.8 Å². The molecular weight excluding hydrogens is 288 g/mol. The van der Waals surface area contributed by atoms with Gasteiger partial charge < -0.3 is 4.90 Å². The number of likely N-dealkylation sites (tertiary alicyclic amines) is 1. The van der Waals surface area contributed by atoms with E-state index in [9.17, 15) is 13.2 Å². The number of sulfonamides is 1. The zero-order valence-electron chi connectivity index (χ0n) is 13.1. The van der Waals surface area contributed by atoms with Crippen LogP contribution in [0.5, 0.6) is 0 Å². The first-order valence-electron chi connectivity index (χ1n) is 8.23. The van der Waals surface area contributed by atoms with Crippen LogP contribution < -0.4 is 0 Å². The monoisotopic (exact) mass is 316 g/mol. The van der Waals surface area contributed by atoms with Crippen molar-refractivity contribution in [3.05, 3.63) is 0 Å². The van der Waals surface area contributed by atoms with Crippen LogP contribution in [0.1, 0.15) is 57.8 Å². The van der Waals surface area contributed by atoms with Gasteiger partial charge >= 0.3 is 0 Å². The van der Waals surface area contributed by atoms with Gasteiger partial charge in [0.25, 0.3) is 0 Å². The summed E-state index contributed by atoms with van der Waals surface area (Å²) in [6, 6.07) is 0.0104. The molecule has 2 fully saturated rings. The molecule has 0 spiro atoms. The van der Waals surface area contributed by atoms with E-state index in [0.29, 0.717) is 0 Å². The first kappa shape index (κ1) is 16.7. The maximum Gasteiger partial charge on any atom is 0.237 e. The standard InChI is InChI=1S/C15H28N2O3S/c1-21(19,20)17(14-9-5-2-3-6-10-14)13-15(18)16-11-7-4-8-12-16/h14H,2-13H2,1H3. The number of rotatable bonds is 4. The molecule has 1 saturated heterocycles. The van der Waals surface area contributed by atoms with E-state index in [2.05, 4.69) is 0 Å². The van der Waals surface area contributed by atoms with Crippen LogP contribution in [0.15, 0.2) is 0 Å². The summed E-state index contributed by atoms with van der Waals surface area (Å²) in [5.74, 6) is -0.0237. The van der Waals surface area contributed by atoms with E-state index in [0.717, 1.165) is 51.6 Å². The number of piperidine rings is 1. The van der Waals surface area contributed by atoms with Gasteiger partial charge in [0.15, 0.2) is 0 Å². The fraction of sp³-hybridized carbons (Fsp3) is 0.933. The van der Waals surface area contributed by atoms with Crippen molar-refractivity contribution >= 4 is 15.9 Å². The summed E-state index contributed by atoms with van der Waals surface area (Å²) >= 11 is 0.